The summed E-state index contributed by atoms with van der Waals surface area (Å²) in [4.78, 5) is 4.16. The Labute approximate surface area is 113 Å². The number of aromatic nitrogens is 2. The molecule has 0 fully saturated rings. The standard InChI is InChI=1S/C14H21N3O2/c1-4-11-6-5-7-12(8-11)14(18-3)15-9-13-16-10(2)19-17-13/h5-7,11,14-15H,4,8-9H2,1-3H3/t11-,14?/m1/s1. The fourth-order valence-corrected chi connectivity index (χ4v) is 2.21. The summed E-state index contributed by atoms with van der Waals surface area (Å²) in [5.74, 6) is 1.84. The van der Waals surface area contributed by atoms with Crippen LogP contribution in [0.5, 0.6) is 0 Å². The second-order valence-corrected chi connectivity index (χ2v) is 4.73. The summed E-state index contributed by atoms with van der Waals surface area (Å²) in [5, 5.41) is 7.16. The van der Waals surface area contributed by atoms with Crippen LogP contribution in [0.4, 0.5) is 0 Å². The second-order valence-electron chi connectivity index (χ2n) is 4.73. The van der Waals surface area contributed by atoms with E-state index in [2.05, 4.69) is 40.6 Å². The number of rotatable bonds is 6. The molecule has 1 N–H and O–H groups in total. The highest BCUT2D eigenvalue weighted by molar-refractivity contribution is 5.22. The number of nitrogens with one attached hydrogen (secondary N) is 1. The van der Waals surface area contributed by atoms with Gasteiger partial charge in [0.25, 0.3) is 0 Å². The van der Waals surface area contributed by atoms with Crippen molar-refractivity contribution >= 4 is 0 Å². The Morgan fingerprint density at radius 2 is 2.42 bits per heavy atom. The van der Waals surface area contributed by atoms with Gasteiger partial charge in [0.05, 0.1) is 6.54 Å². The lowest BCUT2D eigenvalue weighted by Crippen LogP contribution is -2.33. The molecule has 0 radical (unpaired) electrons. The van der Waals surface area contributed by atoms with Crippen molar-refractivity contribution in [3.05, 3.63) is 35.5 Å². The SMILES string of the molecule is CC[C@@H]1C=CC=C(C(NCc2noc(C)n2)OC)C1. The number of ether oxygens (including phenoxy) is 1. The van der Waals surface area contributed by atoms with Gasteiger partial charge in [-0.05, 0) is 24.3 Å². The summed E-state index contributed by atoms with van der Waals surface area (Å²) in [6.45, 7) is 4.52. The van der Waals surface area contributed by atoms with E-state index in [0.717, 1.165) is 12.8 Å². The Hall–Kier alpha value is -1.46. The minimum absolute atomic E-state index is 0.0993. The molecule has 104 valence electrons. The van der Waals surface area contributed by atoms with Crippen LogP contribution in [0.25, 0.3) is 0 Å². The van der Waals surface area contributed by atoms with Crippen LogP contribution in [-0.4, -0.2) is 23.5 Å². The predicted molar refractivity (Wildman–Crippen MR) is 72.3 cm³/mol. The summed E-state index contributed by atoms with van der Waals surface area (Å²) in [7, 11) is 1.71. The van der Waals surface area contributed by atoms with Crippen LogP contribution in [0.15, 0.2) is 28.3 Å². The number of allylic oxidation sites excluding steroid dienone is 3. The first-order valence-corrected chi connectivity index (χ1v) is 6.65. The zero-order valence-electron chi connectivity index (χ0n) is 11.7. The van der Waals surface area contributed by atoms with Crippen molar-refractivity contribution in [1.82, 2.24) is 15.5 Å². The highest BCUT2D eigenvalue weighted by atomic mass is 16.5. The molecular formula is C14H21N3O2. The number of hydrogen-bond donors (Lipinski definition) is 1. The summed E-state index contributed by atoms with van der Waals surface area (Å²) in [5.41, 5.74) is 1.26. The van der Waals surface area contributed by atoms with Crippen LogP contribution >= 0.6 is 0 Å². The van der Waals surface area contributed by atoms with Crippen molar-refractivity contribution in [1.29, 1.82) is 0 Å². The second kappa shape index (κ2) is 6.63. The zero-order valence-corrected chi connectivity index (χ0v) is 11.7. The van der Waals surface area contributed by atoms with E-state index in [1.807, 2.05) is 0 Å². The molecule has 1 aromatic rings. The third-order valence-electron chi connectivity index (χ3n) is 3.30. The largest absolute Gasteiger partial charge is 0.363 e. The van der Waals surface area contributed by atoms with Gasteiger partial charge in [-0.15, -0.1) is 0 Å². The normalized spacial score (nSPS) is 20.4. The minimum atomic E-state index is -0.0993. The molecule has 2 atom stereocenters. The molecule has 2 rings (SSSR count). The molecule has 0 bridgehead atoms. The van der Waals surface area contributed by atoms with Crippen LogP contribution in [-0.2, 0) is 11.3 Å². The molecule has 0 saturated carbocycles. The van der Waals surface area contributed by atoms with Crippen LogP contribution in [0.3, 0.4) is 0 Å². The number of nitrogens with zero attached hydrogens (tertiary/aromatic N) is 2. The van der Waals surface area contributed by atoms with Gasteiger partial charge in [0, 0.05) is 14.0 Å². The maximum absolute atomic E-state index is 5.51. The lowest BCUT2D eigenvalue weighted by Gasteiger charge is -2.24. The van der Waals surface area contributed by atoms with E-state index >= 15 is 0 Å². The van der Waals surface area contributed by atoms with Gasteiger partial charge in [-0.3, -0.25) is 5.32 Å². The molecule has 1 aliphatic rings. The number of hydrogen-bond acceptors (Lipinski definition) is 5. The molecule has 0 aliphatic heterocycles. The van der Waals surface area contributed by atoms with Gasteiger partial charge in [-0.1, -0.05) is 30.3 Å². The van der Waals surface area contributed by atoms with Crippen molar-refractivity contribution in [3.8, 4) is 0 Å². The van der Waals surface area contributed by atoms with Gasteiger partial charge in [-0.2, -0.15) is 4.98 Å². The average Bonchev–Trinajstić information content (AvgIpc) is 2.85. The van der Waals surface area contributed by atoms with Crippen molar-refractivity contribution < 1.29 is 9.26 Å². The Bertz CT molecular complexity index is 465. The Kier molecular flexibility index (Phi) is 4.87. The summed E-state index contributed by atoms with van der Waals surface area (Å²) in [6, 6.07) is 0. The molecule has 19 heavy (non-hydrogen) atoms. The Balaban J connectivity index is 1.93. The van der Waals surface area contributed by atoms with Crippen LogP contribution in [0.2, 0.25) is 0 Å². The zero-order chi connectivity index (χ0) is 13.7. The lowest BCUT2D eigenvalue weighted by molar-refractivity contribution is 0.0959. The van der Waals surface area contributed by atoms with Gasteiger partial charge in [0.15, 0.2) is 5.82 Å². The quantitative estimate of drug-likeness (QED) is 0.798. The summed E-state index contributed by atoms with van der Waals surface area (Å²) < 4.78 is 10.5. The fourth-order valence-electron chi connectivity index (χ4n) is 2.21. The smallest absolute Gasteiger partial charge is 0.223 e. The Morgan fingerprint density at radius 3 is 3.05 bits per heavy atom. The molecule has 5 heteroatoms. The van der Waals surface area contributed by atoms with Crippen molar-refractivity contribution in [2.45, 2.75) is 39.5 Å². The highest BCUT2D eigenvalue weighted by Gasteiger charge is 2.18. The third kappa shape index (κ3) is 3.75. The van der Waals surface area contributed by atoms with E-state index in [1.165, 1.54) is 5.57 Å². The Morgan fingerprint density at radius 1 is 1.58 bits per heavy atom. The maximum Gasteiger partial charge on any atom is 0.223 e. The van der Waals surface area contributed by atoms with E-state index in [9.17, 15) is 0 Å². The predicted octanol–water partition coefficient (Wildman–Crippen LogP) is 2.35. The van der Waals surface area contributed by atoms with E-state index < -0.39 is 0 Å². The van der Waals surface area contributed by atoms with E-state index in [1.54, 1.807) is 14.0 Å². The van der Waals surface area contributed by atoms with E-state index in [4.69, 9.17) is 9.26 Å². The topological polar surface area (TPSA) is 60.2 Å². The first-order chi connectivity index (χ1) is 9.22. The van der Waals surface area contributed by atoms with Crippen LogP contribution < -0.4 is 5.32 Å². The maximum atomic E-state index is 5.51. The molecule has 1 aliphatic carbocycles. The molecule has 0 spiro atoms. The van der Waals surface area contributed by atoms with Crippen molar-refractivity contribution in [2.24, 2.45) is 5.92 Å². The van der Waals surface area contributed by atoms with Crippen molar-refractivity contribution in [3.63, 3.8) is 0 Å². The van der Waals surface area contributed by atoms with E-state index in [-0.39, 0.29) is 6.23 Å². The third-order valence-corrected chi connectivity index (χ3v) is 3.30. The monoisotopic (exact) mass is 263 g/mol. The van der Waals surface area contributed by atoms with Crippen molar-refractivity contribution in [2.75, 3.05) is 7.11 Å². The molecule has 1 unspecified atom stereocenters. The van der Waals surface area contributed by atoms with Crippen LogP contribution in [0.1, 0.15) is 31.5 Å². The number of methoxy groups -OCH3 is 1. The highest BCUT2D eigenvalue weighted by Crippen LogP contribution is 2.23. The molecular weight excluding hydrogens is 242 g/mol. The first kappa shape index (κ1) is 14.0. The lowest BCUT2D eigenvalue weighted by atomic mass is 9.91. The van der Waals surface area contributed by atoms with Crippen LogP contribution in [0, 0.1) is 12.8 Å². The molecule has 5 nitrogen and oxygen atoms in total. The van der Waals surface area contributed by atoms with E-state index in [0.29, 0.717) is 24.2 Å². The molecule has 1 heterocycles. The molecule has 0 amide bonds. The fraction of sp³-hybridized carbons (Fsp3) is 0.571. The van der Waals surface area contributed by atoms with Gasteiger partial charge in [-0.25, -0.2) is 0 Å². The van der Waals surface area contributed by atoms with Gasteiger partial charge >= 0.3 is 0 Å². The minimum Gasteiger partial charge on any atom is -0.363 e. The summed E-state index contributed by atoms with van der Waals surface area (Å²) in [6.07, 6.45) is 8.56. The molecule has 0 aromatic carbocycles. The first-order valence-electron chi connectivity index (χ1n) is 6.65. The average molecular weight is 263 g/mol. The molecule has 1 aromatic heterocycles. The molecule has 0 saturated heterocycles. The summed E-state index contributed by atoms with van der Waals surface area (Å²) >= 11 is 0. The number of aryl methyl sites for hydroxylation is 1. The van der Waals surface area contributed by atoms with Gasteiger partial charge in [0.1, 0.15) is 6.23 Å². The van der Waals surface area contributed by atoms with Gasteiger partial charge in [0.2, 0.25) is 5.89 Å². The van der Waals surface area contributed by atoms with Gasteiger partial charge < -0.3 is 9.26 Å².